The summed E-state index contributed by atoms with van der Waals surface area (Å²) in [6.07, 6.45) is 8.72. The van der Waals surface area contributed by atoms with E-state index < -0.39 is 0 Å². The SMILES string of the molecule is CCC(C)CNC(=O)C1CCC2CCCCC2N1. The molecule has 3 heteroatoms. The first kappa shape index (κ1) is 13.9. The van der Waals surface area contributed by atoms with E-state index in [2.05, 4.69) is 24.5 Å². The second-order valence-electron chi connectivity index (χ2n) is 6.21. The minimum absolute atomic E-state index is 0.0633. The smallest absolute Gasteiger partial charge is 0.237 e. The van der Waals surface area contributed by atoms with Gasteiger partial charge >= 0.3 is 0 Å². The fourth-order valence-electron chi connectivity index (χ4n) is 3.24. The zero-order valence-electron chi connectivity index (χ0n) is 11.9. The molecule has 1 aliphatic carbocycles. The van der Waals surface area contributed by atoms with E-state index in [9.17, 15) is 4.79 Å². The maximum Gasteiger partial charge on any atom is 0.237 e. The lowest BCUT2D eigenvalue weighted by atomic mass is 9.77. The van der Waals surface area contributed by atoms with Crippen LogP contribution in [0.25, 0.3) is 0 Å². The fraction of sp³-hybridized carbons (Fsp3) is 0.933. The molecule has 18 heavy (non-hydrogen) atoms. The number of amides is 1. The number of piperidine rings is 1. The van der Waals surface area contributed by atoms with Crippen molar-refractivity contribution in [2.24, 2.45) is 11.8 Å². The van der Waals surface area contributed by atoms with Gasteiger partial charge in [-0.15, -0.1) is 0 Å². The molecule has 2 rings (SSSR count). The van der Waals surface area contributed by atoms with E-state index in [1.165, 1.54) is 32.1 Å². The predicted octanol–water partition coefficient (Wildman–Crippen LogP) is 2.46. The van der Waals surface area contributed by atoms with E-state index in [1.54, 1.807) is 0 Å². The highest BCUT2D eigenvalue weighted by Gasteiger charge is 2.34. The Kier molecular flexibility index (Phi) is 5.04. The molecule has 3 nitrogen and oxygen atoms in total. The van der Waals surface area contributed by atoms with Gasteiger partial charge in [0, 0.05) is 12.6 Å². The lowest BCUT2D eigenvalue weighted by Crippen LogP contribution is -2.55. The van der Waals surface area contributed by atoms with Crippen LogP contribution in [-0.4, -0.2) is 24.5 Å². The van der Waals surface area contributed by atoms with Crippen LogP contribution >= 0.6 is 0 Å². The van der Waals surface area contributed by atoms with E-state index in [0.29, 0.717) is 12.0 Å². The zero-order valence-corrected chi connectivity index (χ0v) is 11.9. The van der Waals surface area contributed by atoms with Crippen molar-refractivity contribution in [3.05, 3.63) is 0 Å². The van der Waals surface area contributed by atoms with Crippen molar-refractivity contribution < 1.29 is 4.79 Å². The number of carbonyl (C=O) groups excluding carboxylic acids is 1. The third-order valence-electron chi connectivity index (χ3n) is 4.79. The molecule has 2 N–H and O–H groups in total. The van der Waals surface area contributed by atoms with Crippen LogP contribution in [0.2, 0.25) is 0 Å². The molecule has 1 aliphatic heterocycles. The third kappa shape index (κ3) is 3.47. The van der Waals surface area contributed by atoms with Crippen LogP contribution in [0.1, 0.15) is 58.8 Å². The zero-order chi connectivity index (χ0) is 13.0. The molecule has 1 heterocycles. The first-order valence-electron chi connectivity index (χ1n) is 7.74. The Morgan fingerprint density at radius 1 is 1.28 bits per heavy atom. The van der Waals surface area contributed by atoms with Crippen molar-refractivity contribution >= 4 is 5.91 Å². The van der Waals surface area contributed by atoms with Crippen molar-refractivity contribution in [2.75, 3.05) is 6.54 Å². The van der Waals surface area contributed by atoms with Gasteiger partial charge in [0.15, 0.2) is 0 Å². The summed E-state index contributed by atoms with van der Waals surface area (Å²) < 4.78 is 0. The first-order valence-corrected chi connectivity index (χ1v) is 7.74. The molecule has 0 spiro atoms. The lowest BCUT2D eigenvalue weighted by molar-refractivity contribution is -0.124. The second-order valence-corrected chi connectivity index (χ2v) is 6.21. The molecule has 2 fully saturated rings. The molecule has 0 bridgehead atoms. The molecule has 1 amide bonds. The van der Waals surface area contributed by atoms with E-state index in [-0.39, 0.29) is 11.9 Å². The molecule has 4 atom stereocenters. The van der Waals surface area contributed by atoms with Gasteiger partial charge < -0.3 is 10.6 Å². The van der Waals surface area contributed by atoms with Crippen LogP contribution in [0.4, 0.5) is 0 Å². The van der Waals surface area contributed by atoms with Gasteiger partial charge in [0.1, 0.15) is 0 Å². The third-order valence-corrected chi connectivity index (χ3v) is 4.79. The average Bonchev–Trinajstić information content (AvgIpc) is 2.43. The Hall–Kier alpha value is -0.570. The maximum atomic E-state index is 12.1. The van der Waals surface area contributed by atoms with Gasteiger partial charge in [0.05, 0.1) is 6.04 Å². The molecule has 0 aromatic heterocycles. The Morgan fingerprint density at radius 2 is 2.06 bits per heavy atom. The standard InChI is InChI=1S/C15H28N2O/c1-3-11(2)10-16-15(18)14-9-8-12-6-4-5-7-13(12)17-14/h11-14,17H,3-10H2,1-2H3,(H,16,18). The topological polar surface area (TPSA) is 41.1 Å². The summed E-state index contributed by atoms with van der Waals surface area (Å²) >= 11 is 0. The minimum atomic E-state index is 0.0633. The molecule has 0 aromatic carbocycles. The quantitative estimate of drug-likeness (QED) is 0.807. The predicted molar refractivity (Wildman–Crippen MR) is 74.4 cm³/mol. The van der Waals surface area contributed by atoms with Crippen LogP contribution < -0.4 is 10.6 Å². The molecular weight excluding hydrogens is 224 g/mol. The largest absolute Gasteiger partial charge is 0.354 e. The Balaban J connectivity index is 1.77. The Morgan fingerprint density at radius 3 is 2.83 bits per heavy atom. The molecule has 4 unspecified atom stereocenters. The molecule has 1 saturated heterocycles. The highest BCUT2D eigenvalue weighted by atomic mass is 16.2. The Bertz CT molecular complexity index is 280. The van der Waals surface area contributed by atoms with Crippen LogP contribution in [0.3, 0.4) is 0 Å². The summed E-state index contributed by atoms with van der Waals surface area (Å²) in [5.41, 5.74) is 0. The number of hydrogen-bond donors (Lipinski definition) is 2. The number of fused-ring (bicyclic) bond motifs is 1. The van der Waals surface area contributed by atoms with Crippen molar-refractivity contribution in [2.45, 2.75) is 70.9 Å². The van der Waals surface area contributed by atoms with E-state index in [1.807, 2.05) is 0 Å². The van der Waals surface area contributed by atoms with Gasteiger partial charge in [0.25, 0.3) is 0 Å². The van der Waals surface area contributed by atoms with Crippen LogP contribution in [-0.2, 0) is 4.79 Å². The molecule has 0 radical (unpaired) electrons. The fourth-order valence-corrected chi connectivity index (χ4v) is 3.24. The monoisotopic (exact) mass is 252 g/mol. The summed E-state index contributed by atoms with van der Waals surface area (Å²) in [5.74, 6) is 1.64. The molecule has 1 saturated carbocycles. The molecular formula is C15H28N2O. The van der Waals surface area contributed by atoms with Gasteiger partial charge in [-0.2, -0.15) is 0 Å². The first-order chi connectivity index (χ1) is 8.70. The van der Waals surface area contributed by atoms with E-state index in [4.69, 9.17) is 0 Å². The van der Waals surface area contributed by atoms with Gasteiger partial charge in [-0.05, 0) is 37.5 Å². The van der Waals surface area contributed by atoms with Gasteiger partial charge in [-0.25, -0.2) is 0 Å². The number of rotatable bonds is 4. The van der Waals surface area contributed by atoms with Gasteiger partial charge in [0.2, 0.25) is 5.91 Å². The average molecular weight is 252 g/mol. The summed E-state index contributed by atoms with van der Waals surface area (Å²) in [6, 6.07) is 0.667. The molecule has 104 valence electrons. The highest BCUT2D eigenvalue weighted by Crippen LogP contribution is 2.32. The number of carbonyl (C=O) groups is 1. The van der Waals surface area contributed by atoms with Crippen LogP contribution in [0, 0.1) is 11.8 Å². The number of hydrogen-bond acceptors (Lipinski definition) is 2. The van der Waals surface area contributed by atoms with Crippen molar-refractivity contribution in [3.8, 4) is 0 Å². The number of nitrogens with one attached hydrogen (secondary N) is 2. The summed E-state index contributed by atoms with van der Waals surface area (Å²) in [4.78, 5) is 12.1. The van der Waals surface area contributed by atoms with Gasteiger partial charge in [-0.3, -0.25) is 4.79 Å². The van der Waals surface area contributed by atoms with Crippen LogP contribution in [0.5, 0.6) is 0 Å². The van der Waals surface area contributed by atoms with Gasteiger partial charge in [-0.1, -0.05) is 33.1 Å². The maximum absolute atomic E-state index is 12.1. The second kappa shape index (κ2) is 6.55. The van der Waals surface area contributed by atoms with Crippen molar-refractivity contribution in [1.29, 1.82) is 0 Å². The summed E-state index contributed by atoms with van der Waals surface area (Å²) in [7, 11) is 0. The van der Waals surface area contributed by atoms with E-state index in [0.717, 1.165) is 25.3 Å². The summed E-state index contributed by atoms with van der Waals surface area (Å²) in [6.45, 7) is 5.18. The minimum Gasteiger partial charge on any atom is -0.354 e. The van der Waals surface area contributed by atoms with Crippen LogP contribution in [0.15, 0.2) is 0 Å². The Labute approximate surface area is 111 Å². The summed E-state index contributed by atoms with van der Waals surface area (Å²) in [5, 5.41) is 6.68. The van der Waals surface area contributed by atoms with Crippen molar-refractivity contribution in [3.63, 3.8) is 0 Å². The highest BCUT2D eigenvalue weighted by molar-refractivity contribution is 5.81. The lowest BCUT2D eigenvalue weighted by Gasteiger charge is -2.40. The van der Waals surface area contributed by atoms with E-state index >= 15 is 0 Å². The van der Waals surface area contributed by atoms with Crippen molar-refractivity contribution in [1.82, 2.24) is 10.6 Å². The molecule has 0 aromatic rings. The normalized spacial score (nSPS) is 33.6. The molecule has 2 aliphatic rings.